The molecule has 0 aromatic heterocycles. The highest BCUT2D eigenvalue weighted by Gasteiger charge is 2.20. The maximum Gasteiger partial charge on any atom is 0.387 e. The molecule has 1 aromatic carbocycles. The van der Waals surface area contributed by atoms with Crippen molar-refractivity contribution in [2.75, 3.05) is 0 Å². The molecule has 1 rings (SSSR count). The summed E-state index contributed by atoms with van der Waals surface area (Å²) >= 11 is 3.14. The van der Waals surface area contributed by atoms with Gasteiger partial charge in [-0.1, -0.05) is 19.9 Å². The van der Waals surface area contributed by atoms with Crippen molar-refractivity contribution in [1.29, 1.82) is 0 Å². The van der Waals surface area contributed by atoms with Crippen LogP contribution < -0.4 is 10.1 Å². The number of aliphatic carboxylic acids is 1. The topological polar surface area (TPSA) is 58.6 Å². The fraction of sp³-hybridized carbons (Fsp3) is 0.462. The van der Waals surface area contributed by atoms with E-state index in [0.717, 1.165) is 5.56 Å². The molecule has 112 valence electrons. The SMILES string of the molecule is CC(C)[C@@H](NCc1ccc(OC(F)F)c(Br)c1)C(=O)O. The van der Waals surface area contributed by atoms with Gasteiger partial charge in [0.25, 0.3) is 0 Å². The van der Waals surface area contributed by atoms with Crippen molar-refractivity contribution >= 4 is 21.9 Å². The third-order valence-corrected chi connectivity index (χ3v) is 3.29. The standard InChI is InChI=1S/C13H16BrF2NO3/c1-7(2)11(12(18)19)17-6-8-3-4-10(9(14)5-8)20-13(15)16/h3-5,7,11,13,17H,6H2,1-2H3,(H,18,19)/t11-/m1/s1. The van der Waals surface area contributed by atoms with Gasteiger partial charge in [-0.25, -0.2) is 0 Å². The van der Waals surface area contributed by atoms with Crippen LogP contribution in [0.2, 0.25) is 0 Å². The highest BCUT2D eigenvalue weighted by Crippen LogP contribution is 2.27. The molecule has 0 spiro atoms. The smallest absolute Gasteiger partial charge is 0.387 e. The Morgan fingerprint density at radius 2 is 2.10 bits per heavy atom. The van der Waals surface area contributed by atoms with Crippen molar-refractivity contribution in [1.82, 2.24) is 5.32 Å². The molecule has 0 saturated heterocycles. The quantitative estimate of drug-likeness (QED) is 0.791. The molecule has 0 aliphatic rings. The Morgan fingerprint density at radius 1 is 1.45 bits per heavy atom. The number of nitrogens with one attached hydrogen (secondary N) is 1. The molecule has 0 fully saturated rings. The number of carbonyl (C=O) groups is 1. The minimum absolute atomic E-state index is 0.0439. The molecule has 0 aliphatic heterocycles. The zero-order valence-corrected chi connectivity index (χ0v) is 12.7. The summed E-state index contributed by atoms with van der Waals surface area (Å²) in [6.07, 6.45) is 0. The van der Waals surface area contributed by atoms with Crippen molar-refractivity contribution in [2.24, 2.45) is 5.92 Å². The van der Waals surface area contributed by atoms with Crippen LogP contribution in [-0.2, 0) is 11.3 Å². The molecule has 20 heavy (non-hydrogen) atoms. The second kappa shape index (κ2) is 7.54. The van der Waals surface area contributed by atoms with E-state index in [0.29, 0.717) is 11.0 Å². The van der Waals surface area contributed by atoms with E-state index in [1.165, 1.54) is 6.07 Å². The average Bonchev–Trinajstić information content (AvgIpc) is 2.31. The molecule has 0 saturated carbocycles. The molecule has 7 heteroatoms. The predicted molar refractivity (Wildman–Crippen MR) is 73.9 cm³/mol. The van der Waals surface area contributed by atoms with Crippen LogP contribution >= 0.6 is 15.9 Å². The highest BCUT2D eigenvalue weighted by molar-refractivity contribution is 9.10. The summed E-state index contributed by atoms with van der Waals surface area (Å²) < 4.78 is 28.9. The molecule has 0 aliphatic carbocycles. The number of carboxylic acid groups (broad SMARTS) is 1. The van der Waals surface area contributed by atoms with Crippen LogP contribution in [0.25, 0.3) is 0 Å². The van der Waals surface area contributed by atoms with Gasteiger partial charge in [0.1, 0.15) is 11.8 Å². The van der Waals surface area contributed by atoms with Crippen molar-refractivity contribution in [2.45, 2.75) is 33.0 Å². The van der Waals surface area contributed by atoms with Crippen LogP contribution in [0.3, 0.4) is 0 Å². The molecular weight excluding hydrogens is 336 g/mol. The van der Waals surface area contributed by atoms with Crippen LogP contribution in [0.4, 0.5) is 8.78 Å². The fourth-order valence-corrected chi connectivity index (χ4v) is 2.20. The molecule has 0 bridgehead atoms. The number of halogens is 3. The molecule has 1 atom stereocenters. The number of benzene rings is 1. The summed E-state index contributed by atoms with van der Waals surface area (Å²) in [6, 6.07) is 3.97. The molecule has 4 nitrogen and oxygen atoms in total. The van der Waals surface area contributed by atoms with Crippen LogP contribution in [0.1, 0.15) is 19.4 Å². The molecular formula is C13H16BrF2NO3. The molecule has 1 aromatic rings. The summed E-state index contributed by atoms with van der Waals surface area (Å²) in [4.78, 5) is 11.0. The van der Waals surface area contributed by atoms with Gasteiger partial charge in [0, 0.05) is 6.54 Å². The van der Waals surface area contributed by atoms with E-state index in [4.69, 9.17) is 5.11 Å². The van der Waals surface area contributed by atoms with Gasteiger partial charge in [-0.15, -0.1) is 0 Å². The molecule has 0 unspecified atom stereocenters. The minimum atomic E-state index is -2.88. The van der Waals surface area contributed by atoms with Gasteiger partial charge >= 0.3 is 12.6 Å². The Labute approximate surface area is 124 Å². The van der Waals surface area contributed by atoms with Gasteiger partial charge in [0.2, 0.25) is 0 Å². The number of carboxylic acids is 1. The largest absolute Gasteiger partial charge is 0.480 e. The highest BCUT2D eigenvalue weighted by atomic mass is 79.9. The van der Waals surface area contributed by atoms with Crippen molar-refractivity contribution in [3.05, 3.63) is 28.2 Å². The van der Waals surface area contributed by atoms with Gasteiger partial charge in [-0.05, 0) is 39.5 Å². The van der Waals surface area contributed by atoms with Crippen molar-refractivity contribution in [3.63, 3.8) is 0 Å². The Balaban J connectivity index is 2.69. The van der Waals surface area contributed by atoms with E-state index < -0.39 is 18.6 Å². The number of hydrogen-bond donors (Lipinski definition) is 2. The lowest BCUT2D eigenvalue weighted by Crippen LogP contribution is -2.40. The van der Waals surface area contributed by atoms with Gasteiger partial charge < -0.3 is 15.2 Å². The molecule has 2 N–H and O–H groups in total. The lowest BCUT2D eigenvalue weighted by atomic mass is 10.0. The average molecular weight is 352 g/mol. The van der Waals surface area contributed by atoms with Gasteiger partial charge in [0.15, 0.2) is 0 Å². The normalized spacial score (nSPS) is 12.8. The predicted octanol–water partition coefficient (Wildman–Crippen LogP) is 3.25. The van der Waals surface area contributed by atoms with Crippen LogP contribution in [0.15, 0.2) is 22.7 Å². The third kappa shape index (κ3) is 5.05. The maximum atomic E-state index is 12.1. The zero-order chi connectivity index (χ0) is 15.3. The lowest BCUT2D eigenvalue weighted by Gasteiger charge is -2.18. The number of alkyl halides is 2. The van der Waals surface area contributed by atoms with E-state index in [1.807, 2.05) is 0 Å². The number of rotatable bonds is 7. The summed E-state index contributed by atoms with van der Waals surface area (Å²) in [5.41, 5.74) is 0.769. The summed E-state index contributed by atoms with van der Waals surface area (Å²) in [6.45, 7) is 1.05. The number of ether oxygens (including phenoxy) is 1. The monoisotopic (exact) mass is 351 g/mol. The van der Waals surface area contributed by atoms with Gasteiger partial charge in [-0.2, -0.15) is 8.78 Å². The molecule has 0 radical (unpaired) electrons. The maximum absolute atomic E-state index is 12.1. The minimum Gasteiger partial charge on any atom is -0.480 e. The second-order valence-corrected chi connectivity index (χ2v) is 5.44. The Hall–Kier alpha value is -1.21. The third-order valence-electron chi connectivity index (χ3n) is 2.67. The van der Waals surface area contributed by atoms with Gasteiger partial charge in [-0.3, -0.25) is 4.79 Å². The second-order valence-electron chi connectivity index (χ2n) is 4.58. The Morgan fingerprint density at radius 3 is 2.55 bits per heavy atom. The first kappa shape index (κ1) is 16.8. The van der Waals surface area contributed by atoms with E-state index in [2.05, 4.69) is 26.0 Å². The summed E-state index contributed by atoms with van der Waals surface area (Å²) in [5, 5.41) is 12.0. The van der Waals surface area contributed by atoms with Crippen molar-refractivity contribution < 1.29 is 23.4 Å². The van der Waals surface area contributed by atoms with E-state index in [9.17, 15) is 13.6 Å². The Kier molecular flexibility index (Phi) is 6.35. The van der Waals surface area contributed by atoms with Crippen LogP contribution in [-0.4, -0.2) is 23.7 Å². The van der Waals surface area contributed by atoms with E-state index in [-0.39, 0.29) is 11.7 Å². The van der Waals surface area contributed by atoms with Crippen molar-refractivity contribution in [3.8, 4) is 5.75 Å². The molecule has 0 heterocycles. The number of hydrogen-bond acceptors (Lipinski definition) is 3. The first-order valence-corrected chi connectivity index (χ1v) is 6.80. The molecule has 0 amide bonds. The van der Waals surface area contributed by atoms with E-state index >= 15 is 0 Å². The fourth-order valence-electron chi connectivity index (χ4n) is 1.68. The first-order valence-electron chi connectivity index (χ1n) is 6.00. The van der Waals surface area contributed by atoms with Crippen LogP contribution in [0, 0.1) is 5.92 Å². The van der Waals surface area contributed by atoms with Gasteiger partial charge in [0.05, 0.1) is 4.47 Å². The van der Waals surface area contributed by atoms with Crippen LogP contribution in [0.5, 0.6) is 5.75 Å². The zero-order valence-electron chi connectivity index (χ0n) is 11.1. The Bertz CT molecular complexity index is 469. The lowest BCUT2D eigenvalue weighted by molar-refractivity contribution is -0.140. The summed E-state index contributed by atoms with van der Waals surface area (Å²) in [7, 11) is 0. The summed E-state index contributed by atoms with van der Waals surface area (Å²) in [5.74, 6) is -0.934. The van der Waals surface area contributed by atoms with E-state index in [1.54, 1.807) is 26.0 Å². The first-order chi connectivity index (χ1) is 9.31.